The maximum absolute atomic E-state index is 11.8. The van der Waals surface area contributed by atoms with Crippen molar-refractivity contribution in [2.45, 2.75) is 13.0 Å². The number of pyridine rings is 1. The zero-order chi connectivity index (χ0) is 13.7. The first kappa shape index (κ1) is 14.2. The normalized spacial score (nSPS) is 11.6. The van der Waals surface area contributed by atoms with Gasteiger partial charge in [-0.3, -0.25) is 9.59 Å². The smallest absolute Gasteiger partial charge is 0.253 e. The van der Waals surface area contributed by atoms with Gasteiger partial charge in [-0.1, -0.05) is 11.6 Å². The average molecular weight is 272 g/mol. The molecule has 8 heteroatoms. The summed E-state index contributed by atoms with van der Waals surface area (Å²) in [4.78, 5) is 26.9. The summed E-state index contributed by atoms with van der Waals surface area (Å²) in [6.45, 7) is 1.57. The highest BCUT2D eigenvalue weighted by Gasteiger charge is 2.16. The number of rotatable bonds is 4. The first-order chi connectivity index (χ1) is 8.49. The van der Waals surface area contributed by atoms with E-state index in [0.29, 0.717) is 0 Å². The molecule has 0 radical (unpaired) electrons. The Hall–Kier alpha value is -1.86. The minimum absolute atomic E-state index is 0.220. The predicted octanol–water partition coefficient (Wildman–Crippen LogP) is -0.115. The molecule has 0 saturated carbocycles. The van der Waals surface area contributed by atoms with Crippen LogP contribution in [0.25, 0.3) is 0 Å². The third kappa shape index (κ3) is 3.31. The summed E-state index contributed by atoms with van der Waals surface area (Å²) in [5.74, 6) is 4.71. The van der Waals surface area contributed by atoms with Crippen molar-refractivity contribution < 1.29 is 9.59 Å². The fourth-order valence-corrected chi connectivity index (χ4v) is 1.45. The summed E-state index contributed by atoms with van der Waals surface area (Å²) < 4.78 is 0. The summed E-state index contributed by atoms with van der Waals surface area (Å²) in [5.41, 5.74) is 2.54. The molecule has 98 valence electrons. The molecule has 0 aliphatic rings. The van der Waals surface area contributed by atoms with Crippen molar-refractivity contribution in [1.82, 2.24) is 15.6 Å². The fourth-order valence-electron chi connectivity index (χ4n) is 1.23. The number of carbonyl (C=O) groups is 2. The van der Waals surface area contributed by atoms with Gasteiger partial charge >= 0.3 is 0 Å². The molecule has 18 heavy (non-hydrogen) atoms. The lowest BCUT2D eigenvalue weighted by atomic mass is 10.2. The molecule has 0 saturated heterocycles. The Morgan fingerprint density at radius 1 is 1.50 bits per heavy atom. The Morgan fingerprint density at radius 3 is 2.67 bits per heavy atom. The number of hydrogen-bond acceptors (Lipinski definition) is 5. The molecule has 7 nitrogen and oxygen atoms in total. The van der Waals surface area contributed by atoms with Crippen LogP contribution in [0, 0.1) is 0 Å². The number of carbonyl (C=O) groups excluding carboxylic acids is 2. The largest absolute Gasteiger partial charge is 0.357 e. The number of nitrogens with two attached hydrogens (primary N) is 1. The van der Waals surface area contributed by atoms with Gasteiger partial charge in [0, 0.05) is 13.2 Å². The zero-order valence-electron chi connectivity index (χ0n) is 9.95. The van der Waals surface area contributed by atoms with Crippen LogP contribution in [0.3, 0.4) is 0 Å². The van der Waals surface area contributed by atoms with Crippen LogP contribution in [-0.2, 0) is 4.79 Å². The number of hydrogen-bond donors (Lipinski definition) is 4. The van der Waals surface area contributed by atoms with E-state index < -0.39 is 11.9 Å². The van der Waals surface area contributed by atoms with Crippen molar-refractivity contribution in [1.29, 1.82) is 0 Å². The lowest BCUT2D eigenvalue weighted by Gasteiger charge is -2.12. The van der Waals surface area contributed by atoms with Gasteiger partial charge in [-0.15, -0.1) is 0 Å². The quantitative estimate of drug-likeness (QED) is 0.451. The second-order valence-corrected chi connectivity index (χ2v) is 3.92. The number of nitrogen functional groups attached to an aromatic ring is 1. The van der Waals surface area contributed by atoms with Crippen molar-refractivity contribution in [3.63, 3.8) is 0 Å². The Balaban J connectivity index is 2.79. The molecule has 1 atom stereocenters. The van der Waals surface area contributed by atoms with Crippen LogP contribution in [0.1, 0.15) is 17.3 Å². The minimum Gasteiger partial charge on any atom is -0.357 e. The number of anilines is 1. The number of nitrogens with zero attached hydrogens (tertiary/aromatic N) is 1. The summed E-state index contributed by atoms with van der Waals surface area (Å²) >= 11 is 5.84. The number of hydrazine groups is 1. The maximum Gasteiger partial charge on any atom is 0.253 e. The third-order valence-corrected chi connectivity index (χ3v) is 2.52. The van der Waals surface area contributed by atoms with Crippen LogP contribution in [-0.4, -0.2) is 29.9 Å². The maximum atomic E-state index is 11.8. The molecule has 0 spiro atoms. The van der Waals surface area contributed by atoms with E-state index in [1.54, 1.807) is 6.92 Å². The Morgan fingerprint density at radius 2 is 2.17 bits per heavy atom. The second-order valence-electron chi connectivity index (χ2n) is 3.51. The SMILES string of the molecule is CNC(=O)C(C)NC(=O)c1cnc(NN)c(Cl)c1. The molecule has 5 N–H and O–H groups in total. The van der Waals surface area contributed by atoms with Crippen molar-refractivity contribution in [3.8, 4) is 0 Å². The topological polar surface area (TPSA) is 109 Å². The van der Waals surface area contributed by atoms with Gasteiger partial charge in [0.15, 0.2) is 5.82 Å². The van der Waals surface area contributed by atoms with Crippen LogP contribution in [0.2, 0.25) is 5.02 Å². The van der Waals surface area contributed by atoms with Crippen molar-refractivity contribution >= 4 is 29.2 Å². The number of likely N-dealkylation sites (N-methyl/N-ethyl adjacent to an activating group) is 1. The Kier molecular flexibility index (Phi) is 4.87. The highest BCUT2D eigenvalue weighted by molar-refractivity contribution is 6.33. The number of halogens is 1. The molecule has 0 bridgehead atoms. The third-order valence-electron chi connectivity index (χ3n) is 2.23. The lowest BCUT2D eigenvalue weighted by Crippen LogP contribution is -2.43. The minimum atomic E-state index is -0.645. The Bertz CT molecular complexity index is 466. The van der Waals surface area contributed by atoms with E-state index in [1.807, 2.05) is 0 Å². The molecule has 1 aromatic rings. The summed E-state index contributed by atoms with van der Waals surface area (Å²) in [6, 6.07) is 0.768. The number of amides is 2. The van der Waals surface area contributed by atoms with Crippen molar-refractivity contribution in [2.24, 2.45) is 5.84 Å². The van der Waals surface area contributed by atoms with Gasteiger partial charge in [0.1, 0.15) is 6.04 Å². The van der Waals surface area contributed by atoms with Crippen LogP contribution in [0.4, 0.5) is 5.82 Å². The molecule has 1 unspecified atom stereocenters. The van der Waals surface area contributed by atoms with E-state index in [4.69, 9.17) is 17.4 Å². The Labute approximate surface area is 109 Å². The first-order valence-corrected chi connectivity index (χ1v) is 5.52. The summed E-state index contributed by atoms with van der Waals surface area (Å²) in [7, 11) is 1.49. The van der Waals surface area contributed by atoms with Crippen LogP contribution < -0.4 is 21.9 Å². The predicted molar refractivity (Wildman–Crippen MR) is 68.1 cm³/mol. The molecular weight excluding hydrogens is 258 g/mol. The highest BCUT2D eigenvalue weighted by atomic mass is 35.5. The molecule has 0 fully saturated rings. The monoisotopic (exact) mass is 271 g/mol. The molecular formula is C10H14ClN5O2. The highest BCUT2D eigenvalue weighted by Crippen LogP contribution is 2.18. The molecule has 0 aromatic carbocycles. The molecule has 1 rings (SSSR count). The molecule has 0 aliphatic heterocycles. The van der Waals surface area contributed by atoms with E-state index >= 15 is 0 Å². The van der Waals surface area contributed by atoms with E-state index in [0.717, 1.165) is 0 Å². The molecule has 0 aliphatic carbocycles. The first-order valence-electron chi connectivity index (χ1n) is 5.14. The molecule has 1 aromatic heterocycles. The summed E-state index contributed by atoms with van der Waals surface area (Å²) in [6.07, 6.45) is 1.31. The van der Waals surface area contributed by atoms with Gasteiger partial charge in [0.05, 0.1) is 10.6 Å². The van der Waals surface area contributed by atoms with Crippen LogP contribution in [0.5, 0.6) is 0 Å². The van der Waals surface area contributed by atoms with E-state index in [2.05, 4.69) is 21.0 Å². The average Bonchev–Trinajstić information content (AvgIpc) is 2.37. The fraction of sp³-hybridized carbons (Fsp3) is 0.300. The van der Waals surface area contributed by atoms with Gasteiger partial charge < -0.3 is 16.1 Å². The molecule has 1 heterocycles. The van der Waals surface area contributed by atoms with Crippen molar-refractivity contribution in [2.75, 3.05) is 12.5 Å². The van der Waals surface area contributed by atoms with Gasteiger partial charge in [-0.2, -0.15) is 0 Å². The van der Waals surface area contributed by atoms with Gasteiger partial charge in [0.2, 0.25) is 5.91 Å². The second kappa shape index (κ2) is 6.18. The van der Waals surface area contributed by atoms with Gasteiger partial charge in [-0.25, -0.2) is 10.8 Å². The lowest BCUT2D eigenvalue weighted by molar-refractivity contribution is -0.122. The summed E-state index contributed by atoms with van der Waals surface area (Å²) in [5, 5.41) is 5.16. The van der Waals surface area contributed by atoms with E-state index in [9.17, 15) is 9.59 Å². The molecule has 2 amide bonds. The number of aromatic nitrogens is 1. The van der Waals surface area contributed by atoms with E-state index in [-0.39, 0.29) is 22.3 Å². The number of nitrogens with one attached hydrogen (secondary N) is 3. The van der Waals surface area contributed by atoms with Crippen LogP contribution in [0.15, 0.2) is 12.3 Å². The van der Waals surface area contributed by atoms with E-state index in [1.165, 1.54) is 19.3 Å². The van der Waals surface area contributed by atoms with Crippen LogP contribution >= 0.6 is 11.6 Å². The zero-order valence-corrected chi connectivity index (χ0v) is 10.7. The standard InChI is InChI=1S/C10H14ClN5O2/c1-5(9(17)13-2)15-10(18)6-3-7(11)8(16-12)14-4-6/h3-5H,12H2,1-2H3,(H,13,17)(H,14,16)(H,15,18). The van der Waals surface area contributed by atoms with Gasteiger partial charge in [-0.05, 0) is 13.0 Å². The van der Waals surface area contributed by atoms with Gasteiger partial charge in [0.25, 0.3) is 5.91 Å². The van der Waals surface area contributed by atoms with Crippen molar-refractivity contribution in [3.05, 3.63) is 22.8 Å².